The lowest BCUT2D eigenvalue weighted by Gasteiger charge is -2.26. The summed E-state index contributed by atoms with van der Waals surface area (Å²) in [5.41, 5.74) is 3.29. The lowest BCUT2D eigenvalue weighted by molar-refractivity contribution is 0.0470. The molecule has 2 heterocycles. The van der Waals surface area contributed by atoms with Crippen LogP contribution in [-0.2, 0) is 26.1 Å². The maximum Gasteiger partial charge on any atom is 0.340 e. The molecule has 2 aromatic carbocycles. The molecule has 0 unspecified atom stereocenters. The van der Waals surface area contributed by atoms with Crippen LogP contribution in [0.4, 0.5) is 0 Å². The van der Waals surface area contributed by atoms with Gasteiger partial charge >= 0.3 is 5.97 Å². The maximum atomic E-state index is 12.9. The van der Waals surface area contributed by atoms with E-state index < -0.39 is 16.0 Å². The fourth-order valence-corrected chi connectivity index (χ4v) is 5.26. The number of morpholine rings is 1. The van der Waals surface area contributed by atoms with Gasteiger partial charge in [-0.15, -0.1) is 0 Å². The Kier molecular flexibility index (Phi) is 6.04. The predicted octanol–water partition coefficient (Wildman–Crippen LogP) is 3.23. The van der Waals surface area contributed by atoms with Crippen LogP contribution in [0, 0.1) is 13.8 Å². The van der Waals surface area contributed by atoms with Gasteiger partial charge in [0.15, 0.2) is 0 Å². The summed E-state index contributed by atoms with van der Waals surface area (Å²) in [5, 5.41) is 0.902. The molecule has 1 aliphatic rings. The molecule has 0 spiro atoms. The van der Waals surface area contributed by atoms with Gasteiger partial charge in [-0.2, -0.15) is 4.31 Å². The molecule has 0 amide bonds. The van der Waals surface area contributed by atoms with E-state index in [4.69, 9.17) is 9.47 Å². The molecule has 4 rings (SSSR count). The molecule has 7 nitrogen and oxygen atoms in total. The average Bonchev–Trinajstić information content (AvgIpc) is 2.78. The van der Waals surface area contributed by atoms with Crippen LogP contribution in [0.3, 0.4) is 0 Å². The summed E-state index contributed by atoms with van der Waals surface area (Å²) in [6, 6.07) is 14.1. The van der Waals surface area contributed by atoms with Crippen molar-refractivity contribution in [1.29, 1.82) is 0 Å². The molecule has 0 aliphatic carbocycles. The highest BCUT2D eigenvalue weighted by Crippen LogP contribution is 2.24. The number of ether oxygens (including phenoxy) is 2. The standard InChI is InChI=1S/C23H24N2O5S/c1-16-20-8-3-4-9-21(20)24-17(2)22(16)23(26)30-15-18-6-5-7-19(14-18)31(27,28)25-10-12-29-13-11-25/h3-9,14H,10-13,15H2,1-2H3. The van der Waals surface area contributed by atoms with E-state index in [9.17, 15) is 13.2 Å². The molecule has 162 valence electrons. The quantitative estimate of drug-likeness (QED) is 0.566. The van der Waals surface area contributed by atoms with Crippen LogP contribution >= 0.6 is 0 Å². The lowest BCUT2D eigenvalue weighted by Crippen LogP contribution is -2.40. The van der Waals surface area contributed by atoms with Crippen molar-refractivity contribution >= 4 is 26.9 Å². The molecule has 1 aromatic heterocycles. The Morgan fingerprint density at radius 3 is 2.61 bits per heavy atom. The minimum Gasteiger partial charge on any atom is -0.457 e. The number of hydrogen-bond acceptors (Lipinski definition) is 6. The van der Waals surface area contributed by atoms with E-state index in [2.05, 4.69) is 4.98 Å². The minimum absolute atomic E-state index is 0.0307. The zero-order valence-corrected chi connectivity index (χ0v) is 18.3. The Labute approximate surface area is 181 Å². The first-order valence-corrected chi connectivity index (χ1v) is 11.5. The van der Waals surface area contributed by atoms with Crippen molar-refractivity contribution in [3.8, 4) is 0 Å². The molecule has 31 heavy (non-hydrogen) atoms. The van der Waals surface area contributed by atoms with Crippen LogP contribution in [0.15, 0.2) is 53.4 Å². The Morgan fingerprint density at radius 1 is 1.10 bits per heavy atom. The number of pyridine rings is 1. The monoisotopic (exact) mass is 440 g/mol. The van der Waals surface area contributed by atoms with Crippen molar-refractivity contribution in [3.63, 3.8) is 0 Å². The molecule has 1 fully saturated rings. The summed E-state index contributed by atoms with van der Waals surface area (Å²) in [6.07, 6.45) is 0. The number of aryl methyl sites for hydroxylation is 2. The van der Waals surface area contributed by atoms with Crippen LogP contribution in [0.25, 0.3) is 10.9 Å². The van der Waals surface area contributed by atoms with E-state index >= 15 is 0 Å². The normalized spacial score (nSPS) is 15.2. The third-order valence-electron chi connectivity index (χ3n) is 5.41. The van der Waals surface area contributed by atoms with Crippen molar-refractivity contribution in [1.82, 2.24) is 9.29 Å². The van der Waals surface area contributed by atoms with Gasteiger partial charge in [0.1, 0.15) is 6.61 Å². The second-order valence-corrected chi connectivity index (χ2v) is 9.39. The van der Waals surface area contributed by atoms with Crippen LogP contribution < -0.4 is 0 Å². The number of carbonyl (C=O) groups is 1. The molecule has 0 bridgehead atoms. The number of aromatic nitrogens is 1. The fourth-order valence-electron chi connectivity index (χ4n) is 3.78. The van der Waals surface area contributed by atoms with E-state index in [1.807, 2.05) is 31.2 Å². The summed E-state index contributed by atoms with van der Waals surface area (Å²) < 4.78 is 37.9. The SMILES string of the molecule is Cc1nc2ccccc2c(C)c1C(=O)OCc1cccc(S(=O)(=O)N2CCOCC2)c1. The van der Waals surface area contributed by atoms with Gasteiger partial charge in [-0.25, -0.2) is 13.2 Å². The molecule has 1 aliphatic heterocycles. The van der Waals surface area contributed by atoms with Crippen molar-refractivity contribution in [3.05, 3.63) is 70.9 Å². The van der Waals surface area contributed by atoms with Gasteiger partial charge < -0.3 is 9.47 Å². The average molecular weight is 441 g/mol. The predicted molar refractivity (Wildman–Crippen MR) is 116 cm³/mol. The third kappa shape index (κ3) is 4.32. The maximum absolute atomic E-state index is 12.9. The first-order chi connectivity index (χ1) is 14.9. The highest BCUT2D eigenvalue weighted by atomic mass is 32.2. The zero-order valence-electron chi connectivity index (χ0n) is 17.5. The van der Waals surface area contributed by atoms with Crippen molar-refractivity contribution in [2.75, 3.05) is 26.3 Å². The number of nitrogens with zero attached hydrogens (tertiary/aromatic N) is 2. The first kappa shape index (κ1) is 21.4. The molecular formula is C23H24N2O5S. The second-order valence-electron chi connectivity index (χ2n) is 7.45. The van der Waals surface area contributed by atoms with Gasteiger partial charge in [0.2, 0.25) is 10.0 Å². The molecule has 1 saturated heterocycles. The van der Waals surface area contributed by atoms with Crippen molar-refractivity contribution in [2.45, 2.75) is 25.3 Å². The largest absolute Gasteiger partial charge is 0.457 e. The number of hydrogen-bond donors (Lipinski definition) is 0. The summed E-state index contributed by atoms with van der Waals surface area (Å²) in [5.74, 6) is -0.477. The Morgan fingerprint density at radius 2 is 1.84 bits per heavy atom. The highest BCUT2D eigenvalue weighted by molar-refractivity contribution is 7.89. The van der Waals surface area contributed by atoms with Gasteiger partial charge in [0, 0.05) is 18.5 Å². The molecule has 0 atom stereocenters. The van der Waals surface area contributed by atoms with Gasteiger partial charge in [0.25, 0.3) is 0 Å². The van der Waals surface area contributed by atoms with E-state index in [1.54, 1.807) is 31.2 Å². The number of sulfonamides is 1. The highest BCUT2D eigenvalue weighted by Gasteiger charge is 2.26. The number of para-hydroxylation sites is 1. The van der Waals surface area contributed by atoms with E-state index in [0.717, 1.165) is 16.5 Å². The van der Waals surface area contributed by atoms with E-state index in [-0.39, 0.29) is 11.5 Å². The summed E-state index contributed by atoms with van der Waals surface area (Å²) in [7, 11) is -3.61. The molecule has 0 saturated carbocycles. The lowest BCUT2D eigenvalue weighted by atomic mass is 10.0. The Balaban J connectivity index is 1.53. The molecular weight excluding hydrogens is 416 g/mol. The summed E-state index contributed by atoms with van der Waals surface area (Å²) >= 11 is 0. The van der Waals surface area contributed by atoms with Crippen LogP contribution in [0.2, 0.25) is 0 Å². The van der Waals surface area contributed by atoms with Crippen LogP contribution in [-0.4, -0.2) is 50.0 Å². The number of rotatable bonds is 5. The first-order valence-electron chi connectivity index (χ1n) is 10.1. The van der Waals surface area contributed by atoms with Crippen LogP contribution in [0.5, 0.6) is 0 Å². The number of fused-ring (bicyclic) bond motifs is 1. The van der Waals surface area contributed by atoms with Crippen molar-refractivity contribution in [2.24, 2.45) is 0 Å². The van der Waals surface area contributed by atoms with Gasteiger partial charge in [-0.05, 0) is 43.2 Å². The van der Waals surface area contributed by atoms with Gasteiger partial charge in [-0.1, -0.05) is 30.3 Å². The second kappa shape index (κ2) is 8.74. The number of esters is 1. The van der Waals surface area contributed by atoms with Crippen LogP contribution in [0.1, 0.15) is 27.2 Å². The van der Waals surface area contributed by atoms with Gasteiger partial charge in [0.05, 0.1) is 34.9 Å². The molecule has 3 aromatic rings. The Hall–Kier alpha value is -2.81. The third-order valence-corrected chi connectivity index (χ3v) is 7.31. The molecule has 0 radical (unpaired) electrons. The Bertz CT molecular complexity index is 1230. The zero-order chi connectivity index (χ0) is 22.0. The number of benzene rings is 2. The fraction of sp³-hybridized carbons (Fsp3) is 0.304. The molecule has 0 N–H and O–H groups in total. The van der Waals surface area contributed by atoms with Gasteiger partial charge in [-0.3, -0.25) is 4.98 Å². The topological polar surface area (TPSA) is 85.8 Å². The van der Waals surface area contributed by atoms with E-state index in [1.165, 1.54) is 4.31 Å². The molecule has 8 heteroatoms. The minimum atomic E-state index is -3.61. The summed E-state index contributed by atoms with van der Waals surface area (Å²) in [6.45, 7) is 5.06. The van der Waals surface area contributed by atoms with Crippen molar-refractivity contribution < 1.29 is 22.7 Å². The smallest absolute Gasteiger partial charge is 0.340 e. The summed E-state index contributed by atoms with van der Waals surface area (Å²) in [4.78, 5) is 17.5. The number of carbonyl (C=O) groups excluding carboxylic acids is 1. The van der Waals surface area contributed by atoms with E-state index in [0.29, 0.717) is 43.1 Å².